The van der Waals surface area contributed by atoms with Gasteiger partial charge in [0, 0.05) is 18.6 Å². The summed E-state index contributed by atoms with van der Waals surface area (Å²) in [5.74, 6) is 3.33. The van der Waals surface area contributed by atoms with Crippen molar-refractivity contribution >= 4 is 9.84 Å². The molecule has 3 fully saturated rings. The van der Waals surface area contributed by atoms with Crippen molar-refractivity contribution in [3.05, 3.63) is 0 Å². The summed E-state index contributed by atoms with van der Waals surface area (Å²) in [5.41, 5.74) is 5.97. The van der Waals surface area contributed by atoms with E-state index in [2.05, 4.69) is 11.9 Å². The van der Waals surface area contributed by atoms with Crippen LogP contribution in [0.25, 0.3) is 0 Å². The van der Waals surface area contributed by atoms with E-state index < -0.39 is 9.84 Å². The van der Waals surface area contributed by atoms with Crippen molar-refractivity contribution in [2.75, 3.05) is 31.6 Å². The smallest absolute Gasteiger partial charge is 0.150 e. The summed E-state index contributed by atoms with van der Waals surface area (Å²) in [5, 5.41) is 0. The molecule has 1 aliphatic heterocycles. The maximum absolute atomic E-state index is 11.7. The van der Waals surface area contributed by atoms with E-state index in [4.69, 9.17) is 5.73 Å². The van der Waals surface area contributed by atoms with Crippen LogP contribution in [0.3, 0.4) is 0 Å². The molecule has 116 valence electrons. The molecule has 1 heterocycles. The Labute approximate surface area is 123 Å². The first-order chi connectivity index (χ1) is 9.44. The van der Waals surface area contributed by atoms with Crippen LogP contribution >= 0.6 is 0 Å². The number of sulfone groups is 1. The molecule has 0 aromatic heterocycles. The maximum atomic E-state index is 11.7. The Morgan fingerprint density at radius 2 is 1.90 bits per heavy atom. The molecule has 0 spiro atoms. The van der Waals surface area contributed by atoms with Crippen LogP contribution in [0.2, 0.25) is 0 Å². The molecule has 3 unspecified atom stereocenters. The first-order valence-corrected chi connectivity index (χ1v) is 9.88. The summed E-state index contributed by atoms with van der Waals surface area (Å²) in [6, 6.07) is 0. The molecule has 2 aliphatic carbocycles. The second-order valence-corrected chi connectivity index (χ2v) is 9.70. The highest BCUT2D eigenvalue weighted by Gasteiger charge is 2.44. The lowest BCUT2D eigenvalue weighted by atomic mass is 9.85. The molecular formula is C15H28N2O2S. The van der Waals surface area contributed by atoms with Gasteiger partial charge in [-0.05, 0) is 56.9 Å². The largest absolute Gasteiger partial charge is 0.329 e. The Bertz CT molecular complexity index is 448. The number of hydrogen-bond donors (Lipinski definition) is 1. The molecule has 0 radical (unpaired) electrons. The predicted molar refractivity (Wildman–Crippen MR) is 81.2 cm³/mol. The van der Waals surface area contributed by atoms with Gasteiger partial charge in [0.1, 0.15) is 9.84 Å². The van der Waals surface area contributed by atoms with Crippen molar-refractivity contribution < 1.29 is 8.42 Å². The van der Waals surface area contributed by atoms with Gasteiger partial charge in [-0.15, -0.1) is 0 Å². The van der Waals surface area contributed by atoms with Crippen LogP contribution in [0.5, 0.6) is 0 Å². The molecule has 0 aromatic rings. The van der Waals surface area contributed by atoms with Gasteiger partial charge in [-0.25, -0.2) is 8.42 Å². The maximum Gasteiger partial charge on any atom is 0.150 e. The predicted octanol–water partition coefficient (Wildman–Crippen LogP) is 1.26. The van der Waals surface area contributed by atoms with Crippen molar-refractivity contribution in [3.63, 3.8) is 0 Å². The van der Waals surface area contributed by atoms with Gasteiger partial charge in [-0.1, -0.05) is 6.42 Å². The number of hydrogen-bond acceptors (Lipinski definition) is 4. The van der Waals surface area contributed by atoms with Gasteiger partial charge in [0.25, 0.3) is 0 Å². The monoisotopic (exact) mass is 300 g/mol. The van der Waals surface area contributed by atoms with Gasteiger partial charge >= 0.3 is 0 Å². The third kappa shape index (κ3) is 2.64. The summed E-state index contributed by atoms with van der Waals surface area (Å²) >= 11 is 0. The highest BCUT2D eigenvalue weighted by atomic mass is 32.2. The first-order valence-electron chi connectivity index (χ1n) is 8.06. The van der Waals surface area contributed by atoms with Crippen LogP contribution in [0.15, 0.2) is 0 Å². The zero-order chi connectivity index (χ0) is 14.4. The van der Waals surface area contributed by atoms with E-state index >= 15 is 0 Å². The van der Waals surface area contributed by atoms with E-state index in [1.54, 1.807) is 0 Å². The third-order valence-electron chi connectivity index (χ3n) is 6.34. The summed E-state index contributed by atoms with van der Waals surface area (Å²) < 4.78 is 23.3. The van der Waals surface area contributed by atoms with Crippen LogP contribution < -0.4 is 5.73 Å². The van der Waals surface area contributed by atoms with Crippen molar-refractivity contribution in [2.45, 2.75) is 44.1 Å². The average molecular weight is 300 g/mol. The normalized spacial score (nSPS) is 38.5. The molecule has 2 bridgehead atoms. The number of nitrogens with zero attached hydrogens (tertiary/aromatic N) is 1. The van der Waals surface area contributed by atoms with E-state index in [-0.39, 0.29) is 5.54 Å². The fourth-order valence-electron chi connectivity index (χ4n) is 4.81. The minimum Gasteiger partial charge on any atom is -0.329 e. The first kappa shape index (κ1) is 14.8. The van der Waals surface area contributed by atoms with Crippen LogP contribution in [0, 0.1) is 17.8 Å². The summed E-state index contributed by atoms with van der Waals surface area (Å²) in [4.78, 5) is 2.41. The molecule has 0 aromatic carbocycles. The van der Waals surface area contributed by atoms with Crippen LogP contribution in [-0.2, 0) is 9.84 Å². The quantitative estimate of drug-likeness (QED) is 0.849. The molecule has 4 nitrogen and oxygen atoms in total. The van der Waals surface area contributed by atoms with Crippen LogP contribution in [-0.4, -0.2) is 50.5 Å². The van der Waals surface area contributed by atoms with Crippen molar-refractivity contribution in [2.24, 2.45) is 23.5 Å². The fourth-order valence-corrected chi connectivity index (χ4v) is 6.39. The summed E-state index contributed by atoms with van der Waals surface area (Å²) in [6.07, 6.45) is 7.08. The number of fused-ring (bicyclic) bond motifs is 2. The van der Waals surface area contributed by atoms with Gasteiger partial charge in [-0.2, -0.15) is 0 Å². The second-order valence-electron chi connectivity index (χ2n) is 7.40. The molecule has 5 heteroatoms. The van der Waals surface area contributed by atoms with Crippen molar-refractivity contribution in [3.8, 4) is 0 Å². The molecule has 1 saturated heterocycles. The highest BCUT2D eigenvalue weighted by molar-refractivity contribution is 7.91. The van der Waals surface area contributed by atoms with E-state index in [1.165, 1.54) is 25.7 Å². The SMILES string of the molecule is CN(CC1CC2CCC1C2)C1(CN)CCS(=O)(=O)CC1. The fraction of sp³-hybridized carbons (Fsp3) is 1.00. The summed E-state index contributed by atoms with van der Waals surface area (Å²) in [7, 11) is -0.652. The Balaban J connectivity index is 1.64. The lowest BCUT2D eigenvalue weighted by Crippen LogP contribution is -2.57. The Morgan fingerprint density at radius 1 is 1.20 bits per heavy atom. The van der Waals surface area contributed by atoms with Gasteiger partial charge < -0.3 is 5.73 Å². The lowest BCUT2D eigenvalue weighted by molar-refractivity contribution is 0.0814. The molecule has 2 N–H and O–H groups in total. The van der Waals surface area contributed by atoms with Gasteiger partial charge in [0.15, 0.2) is 0 Å². The molecule has 3 atom stereocenters. The number of rotatable bonds is 4. The van der Waals surface area contributed by atoms with Crippen molar-refractivity contribution in [1.29, 1.82) is 0 Å². The molecule has 3 rings (SSSR count). The Morgan fingerprint density at radius 3 is 2.40 bits per heavy atom. The molecular weight excluding hydrogens is 272 g/mol. The Kier molecular flexibility index (Phi) is 3.89. The van der Waals surface area contributed by atoms with Gasteiger partial charge in [0.2, 0.25) is 0 Å². The topological polar surface area (TPSA) is 63.4 Å². The number of likely N-dealkylation sites (N-methyl/N-ethyl adjacent to an activating group) is 1. The van der Waals surface area contributed by atoms with Crippen molar-refractivity contribution in [1.82, 2.24) is 4.90 Å². The highest BCUT2D eigenvalue weighted by Crippen LogP contribution is 2.49. The molecule has 3 aliphatic rings. The number of nitrogens with two attached hydrogens (primary N) is 1. The molecule has 0 amide bonds. The van der Waals surface area contributed by atoms with E-state index in [0.29, 0.717) is 30.9 Å². The minimum absolute atomic E-state index is 0.0762. The Hall–Kier alpha value is -0.130. The van der Waals surface area contributed by atoms with E-state index in [0.717, 1.165) is 24.3 Å². The second kappa shape index (κ2) is 5.25. The minimum atomic E-state index is -2.82. The zero-order valence-corrected chi connectivity index (χ0v) is 13.4. The lowest BCUT2D eigenvalue weighted by Gasteiger charge is -2.45. The third-order valence-corrected chi connectivity index (χ3v) is 7.99. The standard InChI is InChI=1S/C15H28N2O2S/c1-17(10-14-9-12-2-3-13(14)8-12)15(11-16)4-6-20(18,19)7-5-15/h12-14H,2-11,16H2,1H3. The van der Waals surface area contributed by atoms with Crippen LogP contribution in [0.4, 0.5) is 0 Å². The van der Waals surface area contributed by atoms with Gasteiger partial charge in [-0.3, -0.25) is 4.90 Å². The van der Waals surface area contributed by atoms with Gasteiger partial charge in [0.05, 0.1) is 11.5 Å². The van der Waals surface area contributed by atoms with E-state index in [1.807, 2.05) is 0 Å². The molecule has 20 heavy (non-hydrogen) atoms. The van der Waals surface area contributed by atoms with Crippen LogP contribution in [0.1, 0.15) is 38.5 Å². The molecule has 2 saturated carbocycles. The summed E-state index contributed by atoms with van der Waals surface area (Å²) in [6.45, 7) is 1.69. The zero-order valence-electron chi connectivity index (χ0n) is 12.6. The van der Waals surface area contributed by atoms with E-state index in [9.17, 15) is 8.42 Å². The average Bonchev–Trinajstić information content (AvgIpc) is 3.01.